The third-order valence-corrected chi connectivity index (χ3v) is 4.22. The molecule has 102 valence electrons. The van der Waals surface area contributed by atoms with Crippen LogP contribution in [0.15, 0.2) is 41.1 Å². The van der Waals surface area contributed by atoms with E-state index in [9.17, 15) is 0 Å². The molecule has 0 aliphatic rings. The van der Waals surface area contributed by atoms with E-state index in [0.717, 1.165) is 26.9 Å². The van der Waals surface area contributed by atoms with Crippen LogP contribution >= 0.6 is 39.1 Å². The smallest absolute Gasteiger partial charge is 0.109 e. The highest BCUT2D eigenvalue weighted by atomic mass is 79.9. The number of aromatic nitrogens is 2. The highest BCUT2D eigenvalue weighted by Gasteiger charge is 2.10. The topological polar surface area (TPSA) is 29.9 Å². The van der Waals surface area contributed by atoms with Crippen molar-refractivity contribution < 1.29 is 0 Å². The number of aryl methyl sites for hydroxylation is 1. The minimum Gasteiger partial charge on any atom is -0.353 e. The molecule has 2 aromatic carbocycles. The van der Waals surface area contributed by atoms with Crippen LogP contribution in [-0.4, -0.2) is 9.55 Å². The molecule has 3 aromatic rings. The van der Waals surface area contributed by atoms with Crippen LogP contribution in [0.2, 0.25) is 10.0 Å². The molecule has 0 atom stereocenters. The van der Waals surface area contributed by atoms with Gasteiger partial charge in [0.25, 0.3) is 0 Å². The van der Waals surface area contributed by atoms with Gasteiger partial charge < -0.3 is 9.88 Å². The first kappa shape index (κ1) is 13.7. The largest absolute Gasteiger partial charge is 0.353 e. The second-order valence-electron chi connectivity index (χ2n) is 4.40. The number of fused-ring (bicyclic) bond motifs is 1. The highest BCUT2D eigenvalue weighted by Crippen LogP contribution is 2.34. The third kappa shape index (κ3) is 2.39. The minimum absolute atomic E-state index is 0.585. The highest BCUT2D eigenvalue weighted by molar-refractivity contribution is 9.10. The summed E-state index contributed by atoms with van der Waals surface area (Å²) in [5, 5.41) is 4.44. The first-order valence-corrected chi connectivity index (χ1v) is 7.43. The van der Waals surface area contributed by atoms with Gasteiger partial charge in [0.1, 0.15) is 5.52 Å². The zero-order valence-electron chi connectivity index (χ0n) is 10.5. The van der Waals surface area contributed by atoms with Crippen molar-refractivity contribution in [2.24, 2.45) is 7.05 Å². The molecular formula is C14H10BrCl2N3. The second kappa shape index (κ2) is 5.28. The minimum atomic E-state index is 0.585. The lowest BCUT2D eigenvalue weighted by Gasteiger charge is -2.11. The molecule has 3 rings (SSSR count). The predicted octanol–water partition coefficient (Wildman–Crippen LogP) is 5.39. The molecule has 6 heteroatoms. The fourth-order valence-electron chi connectivity index (χ4n) is 2.00. The molecule has 0 bridgehead atoms. The van der Waals surface area contributed by atoms with Gasteiger partial charge in [-0.25, -0.2) is 4.98 Å². The number of nitrogens with one attached hydrogen (secondary N) is 1. The lowest BCUT2D eigenvalue weighted by atomic mass is 10.2. The summed E-state index contributed by atoms with van der Waals surface area (Å²) < 4.78 is 2.86. The summed E-state index contributed by atoms with van der Waals surface area (Å²) in [7, 11) is 1.93. The Bertz CT molecular complexity index is 798. The Kier molecular flexibility index (Phi) is 3.63. The summed E-state index contributed by atoms with van der Waals surface area (Å²) in [6.45, 7) is 0. The van der Waals surface area contributed by atoms with Gasteiger partial charge in [0.15, 0.2) is 0 Å². The summed E-state index contributed by atoms with van der Waals surface area (Å²) in [6, 6.07) is 9.54. The number of imidazole rings is 1. The van der Waals surface area contributed by atoms with Crippen molar-refractivity contribution in [3.05, 3.63) is 51.2 Å². The fourth-order valence-corrected chi connectivity index (χ4v) is 2.98. The maximum atomic E-state index is 6.40. The summed E-state index contributed by atoms with van der Waals surface area (Å²) in [4.78, 5) is 4.31. The first-order chi connectivity index (χ1) is 9.56. The van der Waals surface area contributed by atoms with Crippen molar-refractivity contribution >= 4 is 61.5 Å². The standard InChI is InChI=1S/C14H10BrCl2N3/c1-20-7-18-14-12(20)5-4-11(13(14)17)19-10-3-2-8(15)6-9(10)16/h2-7,19H,1H3. The average molecular weight is 371 g/mol. The van der Waals surface area contributed by atoms with E-state index in [2.05, 4.69) is 26.2 Å². The lowest BCUT2D eigenvalue weighted by molar-refractivity contribution is 0.948. The molecule has 0 saturated carbocycles. The molecule has 3 nitrogen and oxygen atoms in total. The van der Waals surface area contributed by atoms with Crippen molar-refractivity contribution in [3.8, 4) is 0 Å². The number of hydrogen-bond donors (Lipinski definition) is 1. The molecule has 1 heterocycles. The van der Waals surface area contributed by atoms with E-state index in [1.54, 1.807) is 6.33 Å². The Morgan fingerprint density at radius 1 is 1.15 bits per heavy atom. The third-order valence-electron chi connectivity index (χ3n) is 3.04. The zero-order chi connectivity index (χ0) is 14.3. The van der Waals surface area contributed by atoms with Crippen LogP contribution in [0.4, 0.5) is 11.4 Å². The Balaban J connectivity index is 2.04. The maximum absolute atomic E-state index is 6.40. The first-order valence-electron chi connectivity index (χ1n) is 5.88. The SMILES string of the molecule is Cn1cnc2c(Cl)c(Nc3ccc(Br)cc3Cl)ccc21. The molecule has 0 aliphatic heterocycles. The van der Waals surface area contributed by atoms with Crippen molar-refractivity contribution in [2.45, 2.75) is 0 Å². The van der Waals surface area contributed by atoms with Gasteiger partial charge >= 0.3 is 0 Å². The number of benzene rings is 2. The number of hydrogen-bond acceptors (Lipinski definition) is 2. The fraction of sp³-hybridized carbons (Fsp3) is 0.0714. The lowest BCUT2D eigenvalue weighted by Crippen LogP contribution is -1.93. The van der Waals surface area contributed by atoms with Crippen LogP contribution in [0.5, 0.6) is 0 Å². The molecule has 0 spiro atoms. The van der Waals surface area contributed by atoms with Gasteiger partial charge in [-0.05, 0) is 30.3 Å². The van der Waals surface area contributed by atoms with Crippen molar-refractivity contribution in [1.82, 2.24) is 9.55 Å². The molecule has 0 radical (unpaired) electrons. The van der Waals surface area contributed by atoms with Crippen LogP contribution in [0.25, 0.3) is 11.0 Å². The van der Waals surface area contributed by atoms with Gasteiger partial charge in [0.2, 0.25) is 0 Å². The van der Waals surface area contributed by atoms with Gasteiger partial charge in [-0.15, -0.1) is 0 Å². The summed E-state index contributed by atoms with van der Waals surface area (Å²) in [5.41, 5.74) is 3.34. The number of rotatable bonds is 2. The molecule has 1 aromatic heterocycles. The summed E-state index contributed by atoms with van der Waals surface area (Å²) >= 11 is 16.0. The van der Waals surface area contributed by atoms with Crippen LogP contribution < -0.4 is 5.32 Å². The normalized spacial score (nSPS) is 11.0. The van der Waals surface area contributed by atoms with Crippen LogP contribution in [-0.2, 0) is 7.05 Å². The van der Waals surface area contributed by atoms with E-state index in [4.69, 9.17) is 23.2 Å². The molecular weight excluding hydrogens is 361 g/mol. The molecule has 0 fully saturated rings. The summed E-state index contributed by atoms with van der Waals surface area (Å²) in [6.07, 6.45) is 1.74. The molecule has 0 saturated heterocycles. The van der Waals surface area contributed by atoms with Crippen LogP contribution in [0.3, 0.4) is 0 Å². The maximum Gasteiger partial charge on any atom is 0.109 e. The van der Waals surface area contributed by atoms with Crippen molar-refractivity contribution in [2.75, 3.05) is 5.32 Å². The average Bonchev–Trinajstić information content (AvgIpc) is 2.78. The summed E-state index contributed by atoms with van der Waals surface area (Å²) in [5.74, 6) is 0. The number of halogens is 3. The Morgan fingerprint density at radius 3 is 2.65 bits per heavy atom. The van der Waals surface area contributed by atoms with E-state index >= 15 is 0 Å². The van der Waals surface area contributed by atoms with E-state index in [0.29, 0.717) is 10.0 Å². The van der Waals surface area contributed by atoms with E-state index in [1.165, 1.54) is 0 Å². The molecule has 1 N–H and O–H groups in total. The monoisotopic (exact) mass is 369 g/mol. The molecule has 20 heavy (non-hydrogen) atoms. The van der Waals surface area contributed by atoms with Gasteiger partial charge in [-0.2, -0.15) is 0 Å². The van der Waals surface area contributed by atoms with E-state index < -0.39 is 0 Å². The van der Waals surface area contributed by atoms with Gasteiger partial charge in [-0.1, -0.05) is 39.1 Å². The quantitative estimate of drug-likeness (QED) is 0.655. The molecule has 0 unspecified atom stereocenters. The van der Waals surface area contributed by atoms with Crippen LogP contribution in [0, 0.1) is 0 Å². The molecule has 0 amide bonds. The van der Waals surface area contributed by atoms with E-state index in [-0.39, 0.29) is 0 Å². The van der Waals surface area contributed by atoms with Crippen LogP contribution in [0.1, 0.15) is 0 Å². The van der Waals surface area contributed by atoms with E-state index in [1.807, 2.05) is 41.9 Å². The Labute approximate surface area is 134 Å². The Hall–Kier alpha value is -1.23. The zero-order valence-corrected chi connectivity index (χ0v) is 13.6. The number of anilines is 2. The van der Waals surface area contributed by atoms with Gasteiger partial charge in [0, 0.05) is 11.5 Å². The van der Waals surface area contributed by atoms with Crippen molar-refractivity contribution in [3.63, 3.8) is 0 Å². The van der Waals surface area contributed by atoms with Gasteiger partial charge in [0.05, 0.1) is 33.3 Å². The second-order valence-corrected chi connectivity index (χ2v) is 6.10. The number of nitrogens with zero attached hydrogens (tertiary/aromatic N) is 2. The van der Waals surface area contributed by atoms with Crippen molar-refractivity contribution in [1.29, 1.82) is 0 Å². The van der Waals surface area contributed by atoms with Gasteiger partial charge in [-0.3, -0.25) is 0 Å². The Morgan fingerprint density at radius 2 is 1.90 bits per heavy atom. The molecule has 0 aliphatic carbocycles. The predicted molar refractivity (Wildman–Crippen MR) is 88.2 cm³/mol.